The first-order valence-electron chi connectivity index (χ1n) is 10.1. The van der Waals surface area contributed by atoms with Crippen molar-refractivity contribution in [3.8, 4) is 0 Å². The summed E-state index contributed by atoms with van der Waals surface area (Å²) in [4.78, 5) is 30.4. The summed E-state index contributed by atoms with van der Waals surface area (Å²) in [6, 6.07) is 18.6. The van der Waals surface area contributed by atoms with Crippen molar-refractivity contribution in [1.29, 1.82) is 0 Å². The molecule has 1 aromatic heterocycles. The number of rotatable bonds is 6. The molecule has 1 aliphatic heterocycles. The van der Waals surface area contributed by atoms with Gasteiger partial charge < -0.3 is 9.64 Å². The van der Waals surface area contributed by atoms with Gasteiger partial charge in [0.05, 0.1) is 5.69 Å². The summed E-state index contributed by atoms with van der Waals surface area (Å²) >= 11 is 0. The van der Waals surface area contributed by atoms with Crippen LogP contribution in [0.3, 0.4) is 0 Å². The van der Waals surface area contributed by atoms with Crippen LogP contribution >= 0.6 is 0 Å². The smallest absolute Gasteiger partial charge is 0.331 e. The number of halogens is 1. The van der Waals surface area contributed by atoms with Gasteiger partial charge in [-0.2, -0.15) is 0 Å². The van der Waals surface area contributed by atoms with Gasteiger partial charge >= 0.3 is 5.97 Å². The summed E-state index contributed by atoms with van der Waals surface area (Å²) < 4.78 is 19.3. The van der Waals surface area contributed by atoms with E-state index >= 15 is 0 Å². The Balaban J connectivity index is 1.47. The number of benzene rings is 2. The second kappa shape index (κ2) is 9.34. The Kier molecular flexibility index (Phi) is 6.17. The predicted octanol–water partition coefficient (Wildman–Crippen LogP) is 4.69. The average Bonchev–Trinajstić information content (AvgIpc) is 3.23. The molecule has 0 N–H and O–H groups in total. The third kappa shape index (κ3) is 5.04. The molecule has 4 rings (SSSR count). The van der Waals surface area contributed by atoms with Gasteiger partial charge in [-0.3, -0.25) is 9.78 Å². The van der Waals surface area contributed by atoms with Gasteiger partial charge in [0.2, 0.25) is 5.91 Å². The topological polar surface area (TPSA) is 59.5 Å². The molecule has 6 heteroatoms. The quantitative estimate of drug-likeness (QED) is 0.432. The lowest BCUT2D eigenvalue weighted by atomic mass is 10.1. The molecular formula is C25H21FN2O3. The van der Waals surface area contributed by atoms with Crippen LogP contribution in [0.25, 0.3) is 6.08 Å². The number of carbonyl (C=O) groups is 2. The Morgan fingerprint density at radius 2 is 1.94 bits per heavy atom. The highest BCUT2D eigenvalue weighted by Gasteiger charge is 2.21. The van der Waals surface area contributed by atoms with Crippen LogP contribution in [0.15, 0.2) is 79.0 Å². The molecule has 31 heavy (non-hydrogen) atoms. The van der Waals surface area contributed by atoms with Crippen molar-refractivity contribution in [2.45, 2.75) is 18.9 Å². The van der Waals surface area contributed by atoms with Gasteiger partial charge in [-0.1, -0.05) is 30.3 Å². The normalized spacial score (nSPS) is 14.7. The molecule has 1 aliphatic rings. The maximum Gasteiger partial charge on any atom is 0.331 e. The molecule has 1 fully saturated rings. The van der Waals surface area contributed by atoms with Crippen molar-refractivity contribution in [2.24, 2.45) is 0 Å². The fraction of sp³-hybridized carbons (Fsp3) is 0.160. The number of ether oxygens (including phenoxy) is 1. The zero-order valence-electron chi connectivity index (χ0n) is 16.8. The third-order valence-corrected chi connectivity index (χ3v) is 5.03. The lowest BCUT2D eigenvalue weighted by Crippen LogP contribution is -2.23. The zero-order valence-corrected chi connectivity index (χ0v) is 16.8. The first-order valence-corrected chi connectivity index (χ1v) is 10.1. The summed E-state index contributed by atoms with van der Waals surface area (Å²) in [6.07, 6.45) is 5.19. The molecule has 2 aromatic carbocycles. The Morgan fingerprint density at radius 1 is 1.10 bits per heavy atom. The number of anilines is 1. The molecule has 0 saturated carbocycles. The number of carbonyl (C=O) groups excluding carboxylic acids is 2. The van der Waals surface area contributed by atoms with Crippen LogP contribution in [0.1, 0.15) is 35.8 Å². The molecule has 2 heterocycles. The largest absolute Gasteiger partial charge is 0.448 e. The Morgan fingerprint density at radius 3 is 2.61 bits per heavy atom. The monoisotopic (exact) mass is 416 g/mol. The SMILES string of the molecule is O=C(/C=C/c1ccc(N2CCCC2=O)cc1)OC(c1cccc(F)c1)c1ccccn1. The highest BCUT2D eigenvalue weighted by Crippen LogP contribution is 2.26. The third-order valence-electron chi connectivity index (χ3n) is 5.03. The molecule has 5 nitrogen and oxygen atoms in total. The van der Waals surface area contributed by atoms with Crippen molar-refractivity contribution < 1.29 is 18.7 Å². The second-order valence-electron chi connectivity index (χ2n) is 7.20. The Labute approximate surface area is 179 Å². The van der Waals surface area contributed by atoms with Crippen LogP contribution in [0.2, 0.25) is 0 Å². The molecule has 3 aromatic rings. The number of aromatic nitrogens is 1. The van der Waals surface area contributed by atoms with Gasteiger partial charge in [0.15, 0.2) is 6.10 Å². The van der Waals surface area contributed by atoms with E-state index in [2.05, 4.69) is 4.98 Å². The fourth-order valence-corrected chi connectivity index (χ4v) is 3.51. The van der Waals surface area contributed by atoms with Crippen LogP contribution in [0, 0.1) is 5.82 Å². The molecule has 0 radical (unpaired) electrons. The maximum atomic E-state index is 13.7. The number of esters is 1. The first kappa shape index (κ1) is 20.5. The minimum atomic E-state index is -0.822. The number of pyridine rings is 1. The predicted molar refractivity (Wildman–Crippen MR) is 116 cm³/mol. The maximum absolute atomic E-state index is 13.7. The van der Waals surface area contributed by atoms with E-state index < -0.39 is 17.9 Å². The molecule has 1 atom stereocenters. The van der Waals surface area contributed by atoms with Gasteiger partial charge in [-0.25, -0.2) is 9.18 Å². The van der Waals surface area contributed by atoms with E-state index in [9.17, 15) is 14.0 Å². The zero-order chi connectivity index (χ0) is 21.6. The van der Waals surface area contributed by atoms with Crippen LogP contribution in [0.4, 0.5) is 10.1 Å². The van der Waals surface area contributed by atoms with Gasteiger partial charge in [0.1, 0.15) is 5.82 Å². The van der Waals surface area contributed by atoms with E-state index in [4.69, 9.17) is 4.74 Å². The molecule has 1 saturated heterocycles. The van der Waals surface area contributed by atoms with Crippen molar-refractivity contribution in [2.75, 3.05) is 11.4 Å². The van der Waals surface area contributed by atoms with Crippen LogP contribution in [-0.2, 0) is 14.3 Å². The number of amides is 1. The van der Waals surface area contributed by atoms with Crippen LogP contribution in [0.5, 0.6) is 0 Å². The summed E-state index contributed by atoms with van der Waals surface area (Å²) in [5.74, 6) is -0.856. The van der Waals surface area contributed by atoms with Crippen molar-refractivity contribution in [3.05, 3.63) is 102 Å². The Bertz CT molecular complexity index is 1100. The number of hydrogen-bond acceptors (Lipinski definition) is 4. The molecule has 0 spiro atoms. The molecule has 1 unspecified atom stereocenters. The first-order chi connectivity index (χ1) is 15.1. The lowest BCUT2D eigenvalue weighted by molar-refractivity contribution is -0.141. The highest BCUT2D eigenvalue weighted by atomic mass is 19.1. The van der Waals surface area contributed by atoms with E-state index in [0.29, 0.717) is 17.7 Å². The van der Waals surface area contributed by atoms with Crippen molar-refractivity contribution >= 4 is 23.6 Å². The van der Waals surface area contributed by atoms with Gasteiger partial charge in [0.25, 0.3) is 0 Å². The number of nitrogens with zero attached hydrogens (tertiary/aromatic N) is 2. The molecule has 1 amide bonds. The van der Waals surface area contributed by atoms with E-state index in [1.165, 1.54) is 18.2 Å². The van der Waals surface area contributed by atoms with E-state index in [-0.39, 0.29) is 5.91 Å². The second-order valence-corrected chi connectivity index (χ2v) is 7.20. The molecule has 0 bridgehead atoms. The highest BCUT2D eigenvalue weighted by molar-refractivity contribution is 5.95. The van der Waals surface area contributed by atoms with Gasteiger partial charge in [-0.15, -0.1) is 0 Å². The van der Waals surface area contributed by atoms with Gasteiger partial charge in [0, 0.05) is 36.5 Å². The van der Waals surface area contributed by atoms with E-state index in [0.717, 1.165) is 24.2 Å². The van der Waals surface area contributed by atoms with Crippen LogP contribution in [-0.4, -0.2) is 23.4 Å². The summed E-state index contributed by atoms with van der Waals surface area (Å²) in [7, 11) is 0. The summed E-state index contributed by atoms with van der Waals surface area (Å²) in [5, 5.41) is 0. The number of hydrogen-bond donors (Lipinski definition) is 0. The van der Waals surface area contributed by atoms with Crippen molar-refractivity contribution in [3.63, 3.8) is 0 Å². The molecule has 156 valence electrons. The van der Waals surface area contributed by atoms with Gasteiger partial charge in [-0.05, 0) is 54.5 Å². The van der Waals surface area contributed by atoms with E-state index in [1.54, 1.807) is 47.5 Å². The Hall–Kier alpha value is -3.80. The lowest BCUT2D eigenvalue weighted by Gasteiger charge is -2.17. The molecule has 0 aliphatic carbocycles. The van der Waals surface area contributed by atoms with Crippen LogP contribution < -0.4 is 4.90 Å². The minimum Gasteiger partial charge on any atom is -0.448 e. The van der Waals surface area contributed by atoms with Crippen molar-refractivity contribution in [1.82, 2.24) is 4.98 Å². The molecular weight excluding hydrogens is 395 g/mol. The average molecular weight is 416 g/mol. The summed E-state index contributed by atoms with van der Waals surface area (Å²) in [6.45, 7) is 0.731. The van der Waals surface area contributed by atoms with E-state index in [1.807, 2.05) is 24.3 Å². The summed E-state index contributed by atoms with van der Waals surface area (Å²) in [5.41, 5.74) is 2.66. The fourth-order valence-electron chi connectivity index (χ4n) is 3.51. The minimum absolute atomic E-state index is 0.129. The standard InChI is InChI=1S/C25H21FN2O3/c26-20-6-3-5-19(17-20)25(22-7-1-2-15-27-22)31-24(30)14-11-18-9-12-21(13-10-18)28-16-4-8-23(28)29/h1-3,5-7,9-15,17,25H,4,8,16H2/b14-11+.